The van der Waals surface area contributed by atoms with Gasteiger partial charge < -0.3 is 5.73 Å². The normalized spacial score (nSPS) is 20.5. The summed E-state index contributed by atoms with van der Waals surface area (Å²) in [6, 6.07) is 0. The van der Waals surface area contributed by atoms with Crippen molar-refractivity contribution in [3.8, 4) is 0 Å². The Hall–Kier alpha value is -0.550. The summed E-state index contributed by atoms with van der Waals surface area (Å²) in [5, 5.41) is 0. The van der Waals surface area contributed by atoms with E-state index in [1.54, 1.807) is 0 Å². The standard InChI is InChI=1S/C10H17F3N2/c1-8(6-14)7-15-4-2-9(3-5-15)10(11,12)13/h9H,1-7,14H2. The number of hydrogen-bond donors (Lipinski definition) is 1. The van der Waals surface area contributed by atoms with Gasteiger partial charge in [-0.25, -0.2) is 0 Å². The van der Waals surface area contributed by atoms with Gasteiger partial charge in [-0.05, 0) is 31.5 Å². The lowest BCUT2D eigenvalue weighted by atomic mass is 9.96. The molecule has 88 valence electrons. The van der Waals surface area contributed by atoms with Crippen molar-refractivity contribution in [2.24, 2.45) is 11.7 Å². The molecule has 2 N–H and O–H groups in total. The molecule has 1 aliphatic rings. The van der Waals surface area contributed by atoms with Crippen molar-refractivity contribution in [3.05, 3.63) is 12.2 Å². The average molecular weight is 222 g/mol. The highest BCUT2D eigenvalue weighted by Gasteiger charge is 2.40. The molecule has 2 nitrogen and oxygen atoms in total. The molecule has 0 amide bonds. The van der Waals surface area contributed by atoms with Crippen molar-refractivity contribution in [1.82, 2.24) is 4.90 Å². The van der Waals surface area contributed by atoms with Crippen LogP contribution in [0.3, 0.4) is 0 Å². The lowest BCUT2D eigenvalue weighted by Crippen LogP contribution is -2.40. The fraction of sp³-hybridized carbons (Fsp3) is 0.800. The van der Waals surface area contributed by atoms with Gasteiger partial charge in [-0.1, -0.05) is 6.58 Å². The SMILES string of the molecule is C=C(CN)CN1CCC(C(F)(F)F)CC1. The lowest BCUT2D eigenvalue weighted by Gasteiger charge is -2.33. The van der Waals surface area contributed by atoms with Gasteiger partial charge in [-0.15, -0.1) is 0 Å². The molecule has 0 bridgehead atoms. The van der Waals surface area contributed by atoms with Crippen LogP contribution in [0.5, 0.6) is 0 Å². The lowest BCUT2D eigenvalue weighted by molar-refractivity contribution is -0.184. The van der Waals surface area contributed by atoms with Crippen molar-refractivity contribution in [2.45, 2.75) is 19.0 Å². The van der Waals surface area contributed by atoms with Gasteiger partial charge in [0.2, 0.25) is 0 Å². The molecule has 1 rings (SSSR count). The molecule has 0 spiro atoms. The van der Waals surface area contributed by atoms with Gasteiger partial charge in [-0.3, -0.25) is 4.90 Å². The second kappa shape index (κ2) is 4.99. The first kappa shape index (κ1) is 12.5. The summed E-state index contributed by atoms with van der Waals surface area (Å²) < 4.78 is 37.0. The van der Waals surface area contributed by atoms with Gasteiger partial charge >= 0.3 is 6.18 Å². The van der Waals surface area contributed by atoms with Crippen molar-refractivity contribution in [3.63, 3.8) is 0 Å². The zero-order chi connectivity index (χ0) is 11.5. The fourth-order valence-corrected chi connectivity index (χ4v) is 1.80. The Labute approximate surface area is 87.9 Å². The van der Waals surface area contributed by atoms with E-state index < -0.39 is 12.1 Å². The molecule has 1 heterocycles. The predicted molar refractivity (Wildman–Crippen MR) is 53.4 cm³/mol. The van der Waals surface area contributed by atoms with E-state index in [9.17, 15) is 13.2 Å². The maximum Gasteiger partial charge on any atom is 0.391 e. The van der Waals surface area contributed by atoms with Crippen LogP contribution < -0.4 is 5.73 Å². The Balaban J connectivity index is 2.33. The van der Waals surface area contributed by atoms with Crippen LogP contribution in [-0.2, 0) is 0 Å². The molecule has 15 heavy (non-hydrogen) atoms. The molecular weight excluding hydrogens is 205 g/mol. The molecule has 0 aliphatic carbocycles. The molecule has 1 saturated heterocycles. The Kier molecular flexibility index (Phi) is 4.16. The van der Waals surface area contributed by atoms with E-state index >= 15 is 0 Å². The van der Waals surface area contributed by atoms with Crippen molar-refractivity contribution in [1.29, 1.82) is 0 Å². The molecule has 0 unspecified atom stereocenters. The van der Waals surface area contributed by atoms with E-state index in [2.05, 4.69) is 6.58 Å². The molecule has 5 heteroatoms. The Morgan fingerprint density at radius 1 is 1.33 bits per heavy atom. The van der Waals surface area contributed by atoms with E-state index in [0.29, 0.717) is 26.2 Å². The fourth-order valence-electron chi connectivity index (χ4n) is 1.80. The van der Waals surface area contributed by atoms with E-state index in [1.807, 2.05) is 4.90 Å². The summed E-state index contributed by atoms with van der Waals surface area (Å²) in [7, 11) is 0. The predicted octanol–water partition coefficient (Wildman–Crippen LogP) is 1.78. The third-order valence-corrected chi connectivity index (χ3v) is 2.79. The summed E-state index contributed by atoms with van der Waals surface area (Å²) in [6.45, 7) is 5.75. The van der Waals surface area contributed by atoms with E-state index in [-0.39, 0.29) is 12.8 Å². The number of piperidine rings is 1. The van der Waals surface area contributed by atoms with Gasteiger partial charge in [0.05, 0.1) is 5.92 Å². The minimum atomic E-state index is -4.03. The van der Waals surface area contributed by atoms with Gasteiger partial charge in [0.25, 0.3) is 0 Å². The summed E-state index contributed by atoms with van der Waals surface area (Å²) in [5.74, 6) is -1.13. The van der Waals surface area contributed by atoms with E-state index in [0.717, 1.165) is 5.57 Å². The molecule has 0 aromatic heterocycles. The van der Waals surface area contributed by atoms with Crippen molar-refractivity contribution >= 4 is 0 Å². The molecule has 0 saturated carbocycles. The molecule has 1 fully saturated rings. The minimum absolute atomic E-state index is 0.196. The van der Waals surface area contributed by atoms with Gasteiger partial charge in [0.1, 0.15) is 0 Å². The maximum absolute atomic E-state index is 12.3. The maximum atomic E-state index is 12.3. The highest BCUT2D eigenvalue weighted by Crippen LogP contribution is 2.34. The zero-order valence-corrected chi connectivity index (χ0v) is 8.69. The second-order valence-electron chi connectivity index (χ2n) is 4.05. The highest BCUT2D eigenvalue weighted by atomic mass is 19.4. The monoisotopic (exact) mass is 222 g/mol. The quantitative estimate of drug-likeness (QED) is 0.737. The first-order valence-electron chi connectivity index (χ1n) is 5.09. The van der Waals surface area contributed by atoms with Crippen LogP contribution in [0.25, 0.3) is 0 Å². The first-order valence-corrected chi connectivity index (χ1v) is 5.09. The van der Waals surface area contributed by atoms with E-state index in [1.165, 1.54) is 0 Å². The van der Waals surface area contributed by atoms with Crippen LogP contribution in [0.4, 0.5) is 13.2 Å². The van der Waals surface area contributed by atoms with Crippen LogP contribution in [-0.4, -0.2) is 37.3 Å². The molecule has 0 radical (unpaired) electrons. The van der Waals surface area contributed by atoms with Gasteiger partial charge in [0, 0.05) is 13.1 Å². The molecule has 1 aliphatic heterocycles. The molecule has 0 atom stereocenters. The molecule has 0 aromatic carbocycles. The smallest absolute Gasteiger partial charge is 0.327 e. The number of rotatable bonds is 3. The number of nitrogens with two attached hydrogens (primary N) is 1. The van der Waals surface area contributed by atoms with Crippen LogP contribution in [0, 0.1) is 5.92 Å². The Bertz CT molecular complexity index is 217. The molecular formula is C10H17F3N2. The minimum Gasteiger partial charge on any atom is -0.327 e. The summed E-state index contributed by atoms with van der Waals surface area (Å²) in [5.41, 5.74) is 6.25. The van der Waals surface area contributed by atoms with Crippen LogP contribution in [0.15, 0.2) is 12.2 Å². The number of nitrogens with zero attached hydrogens (tertiary/aromatic N) is 1. The summed E-state index contributed by atoms with van der Waals surface area (Å²) >= 11 is 0. The number of likely N-dealkylation sites (tertiary alicyclic amines) is 1. The largest absolute Gasteiger partial charge is 0.391 e. The van der Waals surface area contributed by atoms with Gasteiger partial charge in [0.15, 0.2) is 0 Å². The van der Waals surface area contributed by atoms with Crippen LogP contribution >= 0.6 is 0 Å². The third kappa shape index (κ3) is 3.83. The number of halogens is 3. The Morgan fingerprint density at radius 2 is 1.87 bits per heavy atom. The summed E-state index contributed by atoms with van der Waals surface area (Å²) in [4.78, 5) is 1.98. The number of alkyl halides is 3. The summed E-state index contributed by atoms with van der Waals surface area (Å²) in [6.07, 6.45) is -3.64. The average Bonchev–Trinajstić information content (AvgIpc) is 2.17. The highest BCUT2D eigenvalue weighted by molar-refractivity contribution is 4.99. The zero-order valence-electron chi connectivity index (χ0n) is 8.69. The van der Waals surface area contributed by atoms with Crippen LogP contribution in [0.2, 0.25) is 0 Å². The van der Waals surface area contributed by atoms with Crippen molar-refractivity contribution in [2.75, 3.05) is 26.2 Å². The van der Waals surface area contributed by atoms with Gasteiger partial charge in [-0.2, -0.15) is 13.2 Å². The third-order valence-electron chi connectivity index (χ3n) is 2.79. The van der Waals surface area contributed by atoms with E-state index in [4.69, 9.17) is 5.73 Å². The van der Waals surface area contributed by atoms with Crippen molar-refractivity contribution < 1.29 is 13.2 Å². The molecule has 0 aromatic rings. The number of hydrogen-bond acceptors (Lipinski definition) is 2. The topological polar surface area (TPSA) is 29.3 Å². The van der Waals surface area contributed by atoms with Crippen LogP contribution in [0.1, 0.15) is 12.8 Å². The first-order chi connectivity index (χ1) is 6.93. The Morgan fingerprint density at radius 3 is 2.27 bits per heavy atom. The second-order valence-corrected chi connectivity index (χ2v) is 4.05.